The zero-order valence-electron chi connectivity index (χ0n) is 11.5. The van der Waals surface area contributed by atoms with Crippen LogP contribution in [0.2, 0.25) is 0 Å². The van der Waals surface area contributed by atoms with E-state index < -0.39 is 10.0 Å². The number of hydrogen-bond acceptors (Lipinski definition) is 5. The van der Waals surface area contributed by atoms with E-state index >= 15 is 0 Å². The molecule has 2 heterocycles. The van der Waals surface area contributed by atoms with Crippen molar-refractivity contribution in [1.82, 2.24) is 4.31 Å². The van der Waals surface area contributed by atoms with Gasteiger partial charge in [-0.1, -0.05) is 0 Å². The van der Waals surface area contributed by atoms with Crippen LogP contribution >= 0.6 is 11.3 Å². The molecule has 1 aromatic rings. The Kier molecular flexibility index (Phi) is 3.89. The molecule has 0 radical (unpaired) electrons. The van der Waals surface area contributed by atoms with Crippen LogP contribution in [0.4, 0.5) is 0 Å². The van der Waals surface area contributed by atoms with Crippen molar-refractivity contribution >= 4 is 21.4 Å². The molecule has 1 saturated carbocycles. The fraction of sp³-hybridized carbons (Fsp3) is 0.692. The van der Waals surface area contributed by atoms with Crippen LogP contribution in [0.3, 0.4) is 0 Å². The number of thiophene rings is 1. The predicted octanol–water partition coefficient (Wildman–Crippen LogP) is 1.46. The predicted molar refractivity (Wildman–Crippen MR) is 78.2 cm³/mol. The van der Waals surface area contributed by atoms with Crippen molar-refractivity contribution in [1.29, 1.82) is 0 Å². The molecule has 2 fully saturated rings. The van der Waals surface area contributed by atoms with E-state index in [1.54, 1.807) is 10.4 Å². The van der Waals surface area contributed by atoms with Crippen LogP contribution in [-0.2, 0) is 21.3 Å². The van der Waals surface area contributed by atoms with Gasteiger partial charge in [0.2, 0.25) is 10.0 Å². The fourth-order valence-electron chi connectivity index (χ4n) is 3.20. The van der Waals surface area contributed by atoms with Gasteiger partial charge in [-0.2, -0.15) is 4.31 Å². The first-order chi connectivity index (χ1) is 9.54. The van der Waals surface area contributed by atoms with Gasteiger partial charge in [-0.25, -0.2) is 8.42 Å². The van der Waals surface area contributed by atoms with Crippen LogP contribution in [0.25, 0.3) is 0 Å². The van der Waals surface area contributed by atoms with E-state index in [0.29, 0.717) is 24.6 Å². The second-order valence-electron chi connectivity index (χ2n) is 5.36. The number of rotatable bonds is 3. The second kappa shape index (κ2) is 5.38. The van der Waals surface area contributed by atoms with E-state index in [-0.39, 0.29) is 12.1 Å². The number of aryl methyl sites for hydroxylation is 1. The third-order valence-corrected chi connectivity index (χ3v) is 7.39. The summed E-state index contributed by atoms with van der Waals surface area (Å²) in [6.45, 7) is 3.18. The van der Waals surface area contributed by atoms with Gasteiger partial charge in [-0.3, -0.25) is 0 Å². The number of morpholine rings is 1. The standard InChI is InChI=1S/C13H20N2O3S2/c1-9-13(7-10(8-14)19-9)20(16,17)15-5-6-18-12-4-2-3-11(12)15/h7,11-12H,2-6,8,14H2,1H3. The van der Waals surface area contributed by atoms with Crippen molar-refractivity contribution < 1.29 is 13.2 Å². The van der Waals surface area contributed by atoms with Crippen LogP contribution in [0.15, 0.2) is 11.0 Å². The first kappa shape index (κ1) is 14.5. The summed E-state index contributed by atoms with van der Waals surface area (Å²) in [7, 11) is -3.43. The Morgan fingerprint density at radius 1 is 1.50 bits per heavy atom. The quantitative estimate of drug-likeness (QED) is 0.916. The Labute approximate surface area is 123 Å². The van der Waals surface area contributed by atoms with Gasteiger partial charge < -0.3 is 10.5 Å². The summed E-state index contributed by atoms with van der Waals surface area (Å²) in [5, 5.41) is 0. The number of sulfonamides is 1. The molecule has 1 aliphatic carbocycles. The Morgan fingerprint density at radius 3 is 3.00 bits per heavy atom. The van der Waals surface area contributed by atoms with E-state index in [9.17, 15) is 8.42 Å². The molecule has 20 heavy (non-hydrogen) atoms. The molecule has 1 aliphatic heterocycles. The van der Waals surface area contributed by atoms with Gasteiger partial charge in [0.15, 0.2) is 0 Å². The highest BCUT2D eigenvalue weighted by Crippen LogP contribution is 2.35. The van der Waals surface area contributed by atoms with Crippen LogP contribution < -0.4 is 5.73 Å². The minimum atomic E-state index is -3.43. The summed E-state index contributed by atoms with van der Waals surface area (Å²) in [6, 6.07) is 1.74. The van der Waals surface area contributed by atoms with Gasteiger partial charge in [-0.05, 0) is 32.3 Å². The van der Waals surface area contributed by atoms with Crippen LogP contribution in [0, 0.1) is 6.92 Å². The molecule has 2 unspecified atom stereocenters. The average Bonchev–Trinajstić information content (AvgIpc) is 3.03. The van der Waals surface area contributed by atoms with Crippen LogP contribution in [0.5, 0.6) is 0 Å². The highest BCUT2D eigenvalue weighted by Gasteiger charge is 2.42. The molecule has 3 rings (SSSR count). The maximum atomic E-state index is 12.9. The van der Waals surface area contributed by atoms with Crippen molar-refractivity contribution in [3.8, 4) is 0 Å². The summed E-state index contributed by atoms with van der Waals surface area (Å²) in [4.78, 5) is 2.17. The van der Waals surface area contributed by atoms with Crippen molar-refractivity contribution in [2.24, 2.45) is 5.73 Å². The molecule has 0 spiro atoms. The molecule has 5 nitrogen and oxygen atoms in total. The van der Waals surface area contributed by atoms with Crippen molar-refractivity contribution in [3.63, 3.8) is 0 Å². The van der Waals surface area contributed by atoms with E-state index in [2.05, 4.69) is 0 Å². The summed E-state index contributed by atoms with van der Waals surface area (Å²) < 4.78 is 33.2. The summed E-state index contributed by atoms with van der Waals surface area (Å²) in [5.41, 5.74) is 5.62. The maximum Gasteiger partial charge on any atom is 0.244 e. The molecule has 0 amide bonds. The van der Waals surface area contributed by atoms with E-state index in [1.807, 2.05) is 6.92 Å². The lowest BCUT2D eigenvalue weighted by molar-refractivity contribution is -0.0241. The molecular weight excluding hydrogens is 296 g/mol. The van der Waals surface area contributed by atoms with Crippen LogP contribution in [0.1, 0.15) is 29.0 Å². The van der Waals surface area contributed by atoms with Gasteiger partial charge in [0.25, 0.3) is 0 Å². The molecule has 112 valence electrons. The van der Waals surface area contributed by atoms with Crippen molar-refractivity contribution in [2.45, 2.75) is 49.8 Å². The molecular formula is C13H20N2O3S2. The molecule has 1 aromatic heterocycles. The Hall–Kier alpha value is -0.470. The van der Waals surface area contributed by atoms with Gasteiger partial charge in [-0.15, -0.1) is 11.3 Å². The van der Waals surface area contributed by atoms with Crippen molar-refractivity contribution in [2.75, 3.05) is 13.2 Å². The van der Waals surface area contributed by atoms with Gasteiger partial charge in [0.1, 0.15) is 0 Å². The molecule has 2 N–H and O–H groups in total. The number of ether oxygens (including phenoxy) is 1. The molecule has 0 bridgehead atoms. The normalized spacial score (nSPS) is 27.7. The highest BCUT2D eigenvalue weighted by atomic mass is 32.2. The minimum Gasteiger partial charge on any atom is -0.375 e. The van der Waals surface area contributed by atoms with Crippen LogP contribution in [-0.4, -0.2) is 38.0 Å². The molecule has 2 atom stereocenters. The first-order valence-electron chi connectivity index (χ1n) is 6.97. The third kappa shape index (κ3) is 2.31. The topological polar surface area (TPSA) is 72.6 Å². The van der Waals surface area contributed by atoms with Gasteiger partial charge >= 0.3 is 0 Å². The lowest BCUT2D eigenvalue weighted by atomic mass is 10.2. The molecule has 1 saturated heterocycles. The lowest BCUT2D eigenvalue weighted by Crippen LogP contribution is -2.51. The van der Waals surface area contributed by atoms with Gasteiger partial charge in [0.05, 0.1) is 23.6 Å². The molecule has 0 aromatic carbocycles. The Balaban J connectivity index is 1.96. The number of nitrogens with two attached hydrogens (primary N) is 1. The molecule has 7 heteroatoms. The zero-order valence-corrected chi connectivity index (χ0v) is 13.2. The summed E-state index contributed by atoms with van der Waals surface area (Å²) >= 11 is 1.47. The Morgan fingerprint density at radius 2 is 2.30 bits per heavy atom. The minimum absolute atomic E-state index is 0.00868. The first-order valence-corrected chi connectivity index (χ1v) is 9.22. The van der Waals surface area contributed by atoms with E-state index in [4.69, 9.17) is 10.5 Å². The third-order valence-electron chi connectivity index (χ3n) is 4.14. The number of fused-ring (bicyclic) bond motifs is 1. The summed E-state index contributed by atoms with van der Waals surface area (Å²) in [5.74, 6) is 0. The molecule has 2 aliphatic rings. The number of hydrogen-bond donors (Lipinski definition) is 1. The highest BCUT2D eigenvalue weighted by molar-refractivity contribution is 7.89. The largest absolute Gasteiger partial charge is 0.375 e. The monoisotopic (exact) mass is 316 g/mol. The summed E-state index contributed by atoms with van der Waals surface area (Å²) in [6.07, 6.45) is 2.98. The SMILES string of the molecule is Cc1sc(CN)cc1S(=O)(=O)N1CCOC2CCCC21. The fourth-order valence-corrected chi connectivity index (χ4v) is 6.34. The smallest absolute Gasteiger partial charge is 0.244 e. The Bertz CT molecular complexity index is 597. The van der Waals surface area contributed by atoms with E-state index in [0.717, 1.165) is 29.0 Å². The average molecular weight is 316 g/mol. The zero-order chi connectivity index (χ0) is 14.3. The lowest BCUT2D eigenvalue weighted by Gasteiger charge is -2.36. The van der Waals surface area contributed by atoms with E-state index in [1.165, 1.54) is 11.3 Å². The second-order valence-corrected chi connectivity index (χ2v) is 8.56. The van der Waals surface area contributed by atoms with Gasteiger partial charge in [0, 0.05) is 22.8 Å². The van der Waals surface area contributed by atoms with Crippen molar-refractivity contribution in [3.05, 3.63) is 15.8 Å². The number of nitrogens with zero attached hydrogens (tertiary/aromatic N) is 1. The maximum absolute atomic E-state index is 12.9.